The van der Waals surface area contributed by atoms with Crippen LogP contribution in [0.5, 0.6) is 0 Å². The quantitative estimate of drug-likeness (QED) is 0.609. The molecule has 0 unspecified atom stereocenters. The summed E-state index contributed by atoms with van der Waals surface area (Å²) in [5.74, 6) is -1.58. The van der Waals surface area contributed by atoms with Gasteiger partial charge in [0.1, 0.15) is 11.9 Å². The van der Waals surface area contributed by atoms with E-state index in [9.17, 15) is 18.0 Å². The van der Waals surface area contributed by atoms with Crippen LogP contribution in [-0.4, -0.2) is 34.1 Å². The molecule has 3 aromatic rings. The number of aromatic nitrogens is 3. The Bertz CT molecular complexity index is 1040. The highest BCUT2D eigenvalue weighted by Gasteiger charge is 2.38. The Morgan fingerprint density at radius 3 is 2.69 bits per heavy atom. The van der Waals surface area contributed by atoms with E-state index in [-0.39, 0.29) is 23.5 Å². The number of nitriles is 1. The van der Waals surface area contributed by atoms with E-state index in [1.54, 1.807) is 12.1 Å². The van der Waals surface area contributed by atoms with Gasteiger partial charge in [-0.3, -0.25) is 4.79 Å². The first-order valence-corrected chi connectivity index (χ1v) is 8.26. The van der Waals surface area contributed by atoms with Crippen LogP contribution in [0.15, 0.2) is 47.1 Å². The fourth-order valence-electron chi connectivity index (χ4n) is 2.29. The van der Waals surface area contributed by atoms with Gasteiger partial charge < -0.3 is 15.2 Å². The Morgan fingerprint density at radius 2 is 2.03 bits per heavy atom. The minimum atomic E-state index is -4.74. The molecule has 0 aliphatic rings. The number of carbonyl (C=O) groups is 1. The Balaban J connectivity index is 1.56. The molecule has 1 aromatic carbocycles. The smallest absolute Gasteiger partial charge is 0.368 e. The summed E-state index contributed by atoms with van der Waals surface area (Å²) in [6, 6.07) is 11.1. The molecule has 2 aromatic heterocycles. The molecule has 11 heteroatoms. The van der Waals surface area contributed by atoms with Crippen LogP contribution in [0, 0.1) is 11.3 Å². The highest BCUT2D eigenvalue weighted by molar-refractivity contribution is 5.95. The Kier molecular flexibility index (Phi) is 5.73. The third-order valence-corrected chi connectivity index (χ3v) is 3.66. The third-order valence-electron chi connectivity index (χ3n) is 3.66. The maximum atomic E-state index is 12.6. The summed E-state index contributed by atoms with van der Waals surface area (Å²) in [5.41, 5.74) is 0.891. The van der Waals surface area contributed by atoms with Gasteiger partial charge in [-0.05, 0) is 24.3 Å². The molecule has 0 saturated heterocycles. The number of alkyl halides is 3. The fourth-order valence-corrected chi connectivity index (χ4v) is 2.29. The molecular formula is C18H13F3N6O2. The number of nitrogens with zero attached hydrogens (tertiary/aromatic N) is 4. The van der Waals surface area contributed by atoms with Crippen molar-refractivity contribution in [1.29, 1.82) is 5.26 Å². The monoisotopic (exact) mass is 402 g/mol. The van der Waals surface area contributed by atoms with E-state index in [1.165, 1.54) is 30.5 Å². The molecule has 2 N–H and O–H groups in total. The number of nitrogens with one attached hydrogen (secondary N) is 2. The number of amides is 1. The van der Waals surface area contributed by atoms with Gasteiger partial charge in [-0.25, -0.2) is 4.98 Å². The minimum Gasteiger partial charge on any atom is -0.368 e. The zero-order chi connectivity index (χ0) is 20.9. The van der Waals surface area contributed by atoms with E-state index in [2.05, 4.69) is 30.3 Å². The Hall–Kier alpha value is -3.94. The number of rotatable bonds is 6. The molecule has 2 heterocycles. The second-order valence-corrected chi connectivity index (χ2v) is 5.73. The van der Waals surface area contributed by atoms with Crippen LogP contribution in [0.2, 0.25) is 0 Å². The number of halogens is 3. The van der Waals surface area contributed by atoms with Crippen molar-refractivity contribution in [2.75, 3.05) is 18.4 Å². The number of hydrogen-bond acceptors (Lipinski definition) is 7. The van der Waals surface area contributed by atoms with Gasteiger partial charge in [-0.1, -0.05) is 17.3 Å². The lowest BCUT2D eigenvalue weighted by Crippen LogP contribution is -2.28. The van der Waals surface area contributed by atoms with Crippen molar-refractivity contribution < 1.29 is 22.5 Å². The molecule has 1 amide bonds. The number of carbonyl (C=O) groups excluding carboxylic acids is 1. The number of pyridine rings is 1. The van der Waals surface area contributed by atoms with Crippen LogP contribution in [0.4, 0.5) is 19.0 Å². The van der Waals surface area contributed by atoms with Crippen LogP contribution in [0.25, 0.3) is 11.4 Å². The Labute approximate surface area is 162 Å². The normalized spacial score (nSPS) is 11.0. The Morgan fingerprint density at radius 1 is 1.21 bits per heavy atom. The average Bonchev–Trinajstić information content (AvgIpc) is 3.22. The summed E-state index contributed by atoms with van der Waals surface area (Å²) in [4.78, 5) is 19.6. The fraction of sp³-hybridized carbons (Fsp3) is 0.167. The van der Waals surface area contributed by atoms with E-state index in [0.29, 0.717) is 17.9 Å². The third kappa shape index (κ3) is 5.07. The van der Waals surface area contributed by atoms with Crippen LogP contribution in [0.1, 0.15) is 21.8 Å². The molecule has 0 saturated carbocycles. The van der Waals surface area contributed by atoms with Gasteiger partial charge in [-0.15, -0.1) is 0 Å². The molecule has 0 atom stereocenters. The lowest BCUT2D eigenvalue weighted by Gasteiger charge is -2.08. The van der Waals surface area contributed by atoms with Gasteiger partial charge in [0.25, 0.3) is 5.91 Å². The molecule has 8 nitrogen and oxygen atoms in total. The van der Waals surface area contributed by atoms with Crippen molar-refractivity contribution in [3.8, 4) is 17.5 Å². The van der Waals surface area contributed by atoms with E-state index in [1.807, 2.05) is 6.07 Å². The van der Waals surface area contributed by atoms with E-state index < -0.39 is 18.0 Å². The molecule has 0 radical (unpaired) electrons. The van der Waals surface area contributed by atoms with Gasteiger partial charge in [0, 0.05) is 30.4 Å². The largest absolute Gasteiger partial charge is 0.471 e. The molecule has 0 spiro atoms. The molecule has 148 valence electrons. The second kappa shape index (κ2) is 8.39. The highest BCUT2D eigenvalue weighted by Crippen LogP contribution is 2.29. The maximum Gasteiger partial charge on any atom is 0.471 e. The van der Waals surface area contributed by atoms with E-state index in [4.69, 9.17) is 5.26 Å². The number of anilines is 1. The second-order valence-electron chi connectivity index (χ2n) is 5.73. The van der Waals surface area contributed by atoms with Crippen LogP contribution >= 0.6 is 0 Å². The van der Waals surface area contributed by atoms with E-state index in [0.717, 1.165) is 0 Å². The molecule has 0 aliphatic heterocycles. The van der Waals surface area contributed by atoms with Crippen molar-refractivity contribution >= 4 is 11.7 Å². The summed E-state index contributed by atoms with van der Waals surface area (Å²) in [6.45, 7) is 0.648. The van der Waals surface area contributed by atoms with Gasteiger partial charge in [-0.2, -0.15) is 23.4 Å². The van der Waals surface area contributed by atoms with Gasteiger partial charge in [0.05, 0.1) is 5.56 Å². The lowest BCUT2D eigenvalue weighted by atomic mass is 10.1. The lowest BCUT2D eigenvalue weighted by molar-refractivity contribution is -0.159. The first kappa shape index (κ1) is 19.8. The summed E-state index contributed by atoms with van der Waals surface area (Å²) < 4.78 is 41.9. The van der Waals surface area contributed by atoms with Crippen molar-refractivity contribution in [3.63, 3.8) is 0 Å². The van der Waals surface area contributed by atoms with Crippen molar-refractivity contribution in [2.45, 2.75) is 6.18 Å². The molecular weight excluding hydrogens is 389 g/mol. The van der Waals surface area contributed by atoms with Crippen LogP contribution in [0.3, 0.4) is 0 Å². The first-order chi connectivity index (χ1) is 13.9. The zero-order valence-electron chi connectivity index (χ0n) is 14.7. The van der Waals surface area contributed by atoms with Crippen LogP contribution in [-0.2, 0) is 6.18 Å². The topological polar surface area (TPSA) is 117 Å². The standard InChI is InChI=1S/C18H13F3N6O2/c19-18(20,21)17-26-15(27-29-17)12-2-1-3-13(8-12)16(28)24-7-6-23-14-5-4-11(9-22)10-25-14/h1-5,8,10H,6-7H2,(H,23,25)(H,24,28). The summed E-state index contributed by atoms with van der Waals surface area (Å²) in [5, 5.41) is 17.7. The minimum absolute atomic E-state index is 0.219. The predicted octanol–water partition coefficient (Wildman–Crippen LogP) is 2.86. The van der Waals surface area contributed by atoms with Crippen LogP contribution < -0.4 is 10.6 Å². The van der Waals surface area contributed by atoms with E-state index >= 15 is 0 Å². The van der Waals surface area contributed by atoms with Crippen molar-refractivity contribution in [3.05, 3.63) is 59.6 Å². The first-order valence-electron chi connectivity index (χ1n) is 8.26. The van der Waals surface area contributed by atoms with Gasteiger partial charge >= 0.3 is 12.1 Å². The molecule has 0 fully saturated rings. The van der Waals surface area contributed by atoms with Crippen molar-refractivity contribution in [1.82, 2.24) is 20.4 Å². The molecule has 0 aliphatic carbocycles. The summed E-state index contributed by atoms with van der Waals surface area (Å²) >= 11 is 0. The summed E-state index contributed by atoms with van der Waals surface area (Å²) in [6.07, 6.45) is -3.31. The summed E-state index contributed by atoms with van der Waals surface area (Å²) in [7, 11) is 0. The average molecular weight is 402 g/mol. The maximum absolute atomic E-state index is 12.6. The van der Waals surface area contributed by atoms with Gasteiger partial charge in [0.2, 0.25) is 5.82 Å². The molecule has 29 heavy (non-hydrogen) atoms. The number of hydrogen-bond donors (Lipinski definition) is 2. The predicted molar refractivity (Wildman–Crippen MR) is 94.5 cm³/mol. The number of benzene rings is 1. The SMILES string of the molecule is N#Cc1ccc(NCCNC(=O)c2cccc(-c3noc(C(F)(F)F)n3)c2)nc1. The zero-order valence-corrected chi connectivity index (χ0v) is 14.7. The van der Waals surface area contributed by atoms with Gasteiger partial charge in [0.15, 0.2) is 0 Å². The van der Waals surface area contributed by atoms with Crippen molar-refractivity contribution in [2.24, 2.45) is 0 Å². The molecule has 3 rings (SSSR count). The highest BCUT2D eigenvalue weighted by atomic mass is 19.4. The molecule has 0 bridgehead atoms.